The summed E-state index contributed by atoms with van der Waals surface area (Å²) in [5, 5.41) is 0.838. The molecule has 0 amide bonds. The molecule has 168 valence electrons. The highest BCUT2D eigenvalue weighted by molar-refractivity contribution is 9.10. The van der Waals surface area contributed by atoms with Gasteiger partial charge in [0.05, 0.1) is 29.0 Å². The van der Waals surface area contributed by atoms with Gasteiger partial charge in [0, 0.05) is 34.0 Å². The van der Waals surface area contributed by atoms with E-state index < -0.39 is 17.5 Å². The van der Waals surface area contributed by atoms with Crippen molar-refractivity contribution in [1.29, 1.82) is 0 Å². The zero-order valence-electron chi connectivity index (χ0n) is 17.7. The number of ether oxygens (including phenoxy) is 4. The van der Waals surface area contributed by atoms with Gasteiger partial charge in [-0.3, -0.25) is 9.59 Å². The van der Waals surface area contributed by atoms with Crippen LogP contribution >= 0.6 is 15.9 Å². The van der Waals surface area contributed by atoms with E-state index in [-0.39, 0.29) is 25.4 Å². The van der Waals surface area contributed by atoms with Gasteiger partial charge in [-0.25, -0.2) is 9.78 Å². The molecule has 0 saturated heterocycles. The van der Waals surface area contributed by atoms with Crippen LogP contribution in [-0.2, 0) is 37.8 Å². The number of aromatic nitrogens is 2. The molecule has 2 aromatic heterocycles. The van der Waals surface area contributed by atoms with Gasteiger partial charge in [0.15, 0.2) is 11.5 Å². The summed E-state index contributed by atoms with van der Waals surface area (Å²) in [6.45, 7) is 3.21. The van der Waals surface area contributed by atoms with Gasteiger partial charge in [-0.15, -0.1) is 0 Å². The predicted molar refractivity (Wildman–Crippen MR) is 118 cm³/mol. The minimum atomic E-state index is -1.67. The summed E-state index contributed by atoms with van der Waals surface area (Å²) in [6.07, 6.45) is 0.131. The zero-order valence-corrected chi connectivity index (χ0v) is 19.3. The summed E-state index contributed by atoms with van der Waals surface area (Å²) in [5.41, 5.74) is 1.35. The smallest absolute Gasteiger partial charge is 0.355 e. The summed E-state index contributed by atoms with van der Waals surface area (Å²) in [5.74, 6) is -0.0793. The molecular formula is C23H17BrN2O7. The van der Waals surface area contributed by atoms with Crippen molar-refractivity contribution in [1.82, 2.24) is 9.55 Å². The Morgan fingerprint density at radius 2 is 1.94 bits per heavy atom. The number of cyclic esters (lactones) is 1. The highest BCUT2D eigenvalue weighted by atomic mass is 79.9. The maximum Gasteiger partial charge on any atom is 0.355 e. The number of carbonyl (C=O) groups is 2. The number of fused-ring (bicyclic) bond motifs is 6. The van der Waals surface area contributed by atoms with Crippen LogP contribution in [0.15, 0.2) is 27.5 Å². The first-order valence-corrected chi connectivity index (χ1v) is 11.2. The van der Waals surface area contributed by atoms with E-state index in [2.05, 4.69) is 15.9 Å². The summed E-state index contributed by atoms with van der Waals surface area (Å²) >= 11 is 3.69. The standard InChI is InChI=1S/C23H17BrN2O7/c1-3-23(33-10(2)27)14-5-16-20-12(7-26(16)21(28)13(14)8-30-22(23)29)19(24)11-4-17-18(32-9-31-17)6-15(11)25-20/h4-6H,3,7-9H2,1-2H3/t23-/m0/s1. The van der Waals surface area contributed by atoms with Crippen LogP contribution < -0.4 is 15.0 Å². The second-order valence-electron chi connectivity index (χ2n) is 8.14. The Morgan fingerprint density at radius 1 is 1.18 bits per heavy atom. The Balaban J connectivity index is 1.62. The SMILES string of the molecule is CC[C@@]1(OC(C)=O)C(=O)OCc2c1cc1n(c2=O)Cc2c-1nc1cc3c(cc1c2Br)OCO3. The molecule has 3 aliphatic rings. The summed E-state index contributed by atoms with van der Waals surface area (Å²) in [7, 11) is 0. The number of hydrogen-bond acceptors (Lipinski definition) is 8. The van der Waals surface area contributed by atoms with Gasteiger partial charge in [-0.2, -0.15) is 0 Å². The number of rotatable bonds is 2. The number of nitrogens with zero attached hydrogens (tertiary/aromatic N) is 2. The average molecular weight is 513 g/mol. The Kier molecular flexibility index (Phi) is 4.17. The second kappa shape index (κ2) is 6.80. The van der Waals surface area contributed by atoms with Gasteiger partial charge >= 0.3 is 11.9 Å². The van der Waals surface area contributed by atoms with Crippen LogP contribution in [0.25, 0.3) is 22.3 Å². The van der Waals surface area contributed by atoms with Crippen molar-refractivity contribution >= 4 is 38.8 Å². The van der Waals surface area contributed by atoms with E-state index in [1.165, 1.54) is 6.92 Å². The molecule has 9 nitrogen and oxygen atoms in total. The van der Waals surface area contributed by atoms with E-state index in [0.29, 0.717) is 46.1 Å². The van der Waals surface area contributed by atoms with Crippen LogP contribution in [0, 0.1) is 0 Å². The van der Waals surface area contributed by atoms with Crippen molar-refractivity contribution in [2.24, 2.45) is 0 Å². The summed E-state index contributed by atoms with van der Waals surface area (Å²) in [6, 6.07) is 5.39. The molecular weight excluding hydrogens is 496 g/mol. The number of benzene rings is 1. The topological polar surface area (TPSA) is 106 Å². The quantitative estimate of drug-likeness (QED) is 0.377. The minimum Gasteiger partial charge on any atom is -0.457 e. The molecule has 0 radical (unpaired) electrons. The molecule has 0 spiro atoms. The van der Waals surface area contributed by atoms with Gasteiger partial charge in [-0.05, 0) is 34.5 Å². The normalized spacial score (nSPS) is 19.7. The predicted octanol–water partition coefficient (Wildman–Crippen LogP) is 3.14. The van der Waals surface area contributed by atoms with Crippen molar-refractivity contribution in [3.05, 3.63) is 49.7 Å². The van der Waals surface area contributed by atoms with Crippen molar-refractivity contribution < 1.29 is 28.5 Å². The Bertz CT molecular complexity index is 1480. The Morgan fingerprint density at radius 3 is 2.67 bits per heavy atom. The Hall–Kier alpha value is -3.40. The van der Waals surface area contributed by atoms with E-state index in [4.69, 9.17) is 23.9 Å². The minimum absolute atomic E-state index is 0.131. The first-order chi connectivity index (χ1) is 15.8. The average Bonchev–Trinajstić information content (AvgIpc) is 3.39. The second-order valence-corrected chi connectivity index (χ2v) is 8.93. The zero-order chi connectivity index (χ0) is 23.1. The van der Waals surface area contributed by atoms with Crippen molar-refractivity contribution in [2.75, 3.05) is 6.79 Å². The number of halogens is 1. The number of pyridine rings is 2. The Labute approximate surface area is 195 Å². The summed E-state index contributed by atoms with van der Waals surface area (Å²) in [4.78, 5) is 43.0. The van der Waals surface area contributed by atoms with E-state index in [1.807, 2.05) is 6.07 Å². The largest absolute Gasteiger partial charge is 0.457 e. The third-order valence-corrected chi connectivity index (χ3v) is 7.30. The van der Waals surface area contributed by atoms with E-state index in [9.17, 15) is 14.4 Å². The van der Waals surface area contributed by atoms with Crippen LogP contribution in [0.2, 0.25) is 0 Å². The molecule has 3 aromatic rings. The van der Waals surface area contributed by atoms with Gasteiger partial charge in [0.2, 0.25) is 12.4 Å². The lowest BCUT2D eigenvalue weighted by Crippen LogP contribution is -2.47. The maximum absolute atomic E-state index is 13.5. The van der Waals surface area contributed by atoms with Crippen LogP contribution in [0.5, 0.6) is 11.5 Å². The summed E-state index contributed by atoms with van der Waals surface area (Å²) < 4.78 is 24.2. The monoisotopic (exact) mass is 512 g/mol. The fourth-order valence-corrected chi connectivity index (χ4v) is 5.45. The van der Waals surface area contributed by atoms with Crippen molar-refractivity contribution in [3.8, 4) is 22.9 Å². The number of carbonyl (C=O) groups excluding carboxylic acids is 2. The molecule has 0 N–H and O–H groups in total. The van der Waals surface area contributed by atoms with Crippen molar-refractivity contribution in [2.45, 2.75) is 39.0 Å². The molecule has 0 unspecified atom stereocenters. The molecule has 3 aliphatic heterocycles. The van der Waals surface area contributed by atoms with Gasteiger partial charge in [0.1, 0.15) is 6.61 Å². The molecule has 1 aromatic carbocycles. The van der Waals surface area contributed by atoms with Crippen LogP contribution in [0.4, 0.5) is 0 Å². The third kappa shape index (κ3) is 2.64. The molecule has 6 rings (SSSR count). The fraction of sp³-hybridized carbons (Fsp3) is 0.304. The number of esters is 2. The highest BCUT2D eigenvalue weighted by Gasteiger charge is 2.50. The molecule has 0 bridgehead atoms. The molecule has 0 saturated carbocycles. The highest BCUT2D eigenvalue weighted by Crippen LogP contribution is 2.45. The third-order valence-electron chi connectivity index (χ3n) is 6.40. The molecule has 0 aliphatic carbocycles. The molecule has 5 heterocycles. The fourth-order valence-electron chi connectivity index (χ4n) is 4.82. The van der Waals surface area contributed by atoms with E-state index >= 15 is 0 Å². The molecule has 0 fully saturated rings. The lowest BCUT2D eigenvalue weighted by molar-refractivity contribution is -0.188. The van der Waals surface area contributed by atoms with E-state index in [1.54, 1.807) is 23.6 Å². The van der Waals surface area contributed by atoms with Gasteiger partial charge < -0.3 is 23.5 Å². The lowest BCUT2D eigenvalue weighted by Gasteiger charge is -2.35. The van der Waals surface area contributed by atoms with E-state index in [0.717, 1.165) is 15.4 Å². The molecule has 33 heavy (non-hydrogen) atoms. The van der Waals surface area contributed by atoms with Gasteiger partial charge in [0.25, 0.3) is 5.56 Å². The molecule has 10 heteroatoms. The van der Waals surface area contributed by atoms with Gasteiger partial charge in [-0.1, -0.05) is 6.92 Å². The molecule has 1 atom stereocenters. The van der Waals surface area contributed by atoms with Crippen LogP contribution in [-0.4, -0.2) is 28.3 Å². The van der Waals surface area contributed by atoms with Crippen LogP contribution in [0.1, 0.15) is 37.0 Å². The van der Waals surface area contributed by atoms with Crippen molar-refractivity contribution in [3.63, 3.8) is 0 Å². The number of hydrogen-bond donors (Lipinski definition) is 0. The lowest BCUT2D eigenvalue weighted by atomic mass is 9.85. The van der Waals surface area contributed by atoms with Crippen LogP contribution in [0.3, 0.4) is 0 Å². The maximum atomic E-state index is 13.5. The first kappa shape index (κ1) is 20.2. The first-order valence-electron chi connectivity index (χ1n) is 10.4.